The first-order chi connectivity index (χ1) is 13.7. The van der Waals surface area contributed by atoms with Crippen LogP contribution < -0.4 is 5.32 Å². The van der Waals surface area contributed by atoms with Crippen molar-refractivity contribution in [3.63, 3.8) is 0 Å². The molecule has 1 unspecified atom stereocenters. The fourth-order valence-electron chi connectivity index (χ4n) is 4.61. The minimum atomic E-state index is -0.217. The summed E-state index contributed by atoms with van der Waals surface area (Å²) in [7, 11) is 0. The number of likely N-dealkylation sites (tertiary alicyclic amines) is 1. The Kier molecular flexibility index (Phi) is 6.08. The van der Waals surface area contributed by atoms with Crippen LogP contribution in [0.2, 0.25) is 0 Å². The average molecular weight is 379 g/mol. The van der Waals surface area contributed by atoms with Crippen molar-refractivity contribution in [1.29, 1.82) is 0 Å². The molecule has 1 saturated carbocycles. The van der Waals surface area contributed by atoms with Crippen LogP contribution in [0.5, 0.6) is 0 Å². The first-order valence-corrected chi connectivity index (χ1v) is 10.5. The van der Waals surface area contributed by atoms with Crippen LogP contribution in [0.1, 0.15) is 48.8 Å². The molecule has 1 amide bonds. The van der Waals surface area contributed by atoms with Crippen molar-refractivity contribution in [2.75, 3.05) is 19.6 Å². The molecule has 1 aliphatic heterocycles. The Labute approximate surface area is 167 Å². The molecule has 4 rings (SSSR count). The summed E-state index contributed by atoms with van der Waals surface area (Å²) in [5, 5.41) is 13.0. The molecule has 1 heterocycles. The van der Waals surface area contributed by atoms with Crippen LogP contribution in [0.25, 0.3) is 0 Å². The van der Waals surface area contributed by atoms with Gasteiger partial charge in [-0.25, -0.2) is 0 Å². The molecule has 2 aromatic rings. The van der Waals surface area contributed by atoms with E-state index in [4.69, 9.17) is 0 Å². The van der Waals surface area contributed by atoms with E-state index in [1.54, 1.807) is 0 Å². The fourth-order valence-corrected chi connectivity index (χ4v) is 4.61. The maximum atomic E-state index is 12.8. The third kappa shape index (κ3) is 4.62. The number of aliphatic hydroxyl groups excluding tert-OH is 1. The third-order valence-electron chi connectivity index (χ3n) is 6.32. The molecule has 148 valence electrons. The van der Waals surface area contributed by atoms with E-state index >= 15 is 0 Å². The topological polar surface area (TPSA) is 52.6 Å². The Morgan fingerprint density at radius 3 is 2.21 bits per heavy atom. The molecule has 1 saturated heterocycles. The summed E-state index contributed by atoms with van der Waals surface area (Å²) in [6.07, 6.45) is 3.53. The molecule has 4 nitrogen and oxygen atoms in total. The Hall–Kier alpha value is -2.17. The Morgan fingerprint density at radius 2 is 1.61 bits per heavy atom. The van der Waals surface area contributed by atoms with Gasteiger partial charge >= 0.3 is 0 Å². The van der Waals surface area contributed by atoms with E-state index < -0.39 is 0 Å². The lowest BCUT2D eigenvalue weighted by Crippen LogP contribution is -2.46. The molecule has 2 aromatic carbocycles. The summed E-state index contributed by atoms with van der Waals surface area (Å²) in [4.78, 5) is 15.0. The smallest absolute Gasteiger partial charge is 0.234 e. The molecule has 1 atom stereocenters. The normalized spacial score (nSPS) is 24.3. The number of rotatable bonds is 6. The predicted molar refractivity (Wildman–Crippen MR) is 111 cm³/mol. The number of nitrogens with one attached hydrogen (secondary N) is 1. The fraction of sp³-hybridized carbons (Fsp3) is 0.458. The number of piperidine rings is 1. The third-order valence-corrected chi connectivity index (χ3v) is 6.32. The van der Waals surface area contributed by atoms with Crippen LogP contribution in [0.15, 0.2) is 60.7 Å². The minimum Gasteiger partial charge on any atom is -0.393 e. The highest BCUT2D eigenvalue weighted by Gasteiger charge is 2.35. The van der Waals surface area contributed by atoms with Crippen molar-refractivity contribution in [2.24, 2.45) is 5.92 Å². The van der Waals surface area contributed by atoms with Crippen LogP contribution in [0, 0.1) is 5.92 Å². The number of nitrogens with zero attached hydrogens (tertiary/aromatic N) is 1. The summed E-state index contributed by atoms with van der Waals surface area (Å²) >= 11 is 0. The number of carbonyl (C=O) groups excluding carboxylic acids is 1. The van der Waals surface area contributed by atoms with Gasteiger partial charge < -0.3 is 10.4 Å². The Bertz CT molecular complexity index is 751. The average Bonchev–Trinajstić information content (AvgIpc) is 2.72. The van der Waals surface area contributed by atoms with E-state index in [1.165, 1.54) is 5.56 Å². The summed E-state index contributed by atoms with van der Waals surface area (Å²) in [5.74, 6) is 1.02. The maximum Gasteiger partial charge on any atom is 0.234 e. The van der Waals surface area contributed by atoms with Crippen molar-refractivity contribution < 1.29 is 9.90 Å². The highest BCUT2D eigenvalue weighted by molar-refractivity contribution is 5.78. The zero-order valence-electron chi connectivity index (χ0n) is 16.3. The lowest BCUT2D eigenvalue weighted by Gasteiger charge is -2.39. The van der Waals surface area contributed by atoms with Crippen molar-refractivity contribution >= 4 is 5.91 Å². The van der Waals surface area contributed by atoms with E-state index in [1.807, 2.05) is 18.2 Å². The largest absolute Gasteiger partial charge is 0.393 e. The lowest BCUT2D eigenvalue weighted by atomic mass is 9.75. The highest BCUT2D eigenvalue weighted by atomic mass is 16.3. The maximum absolute atomic E-state index is 12.8. The second-order valence-corrected chi connectivity index (χ2v) is 8.30. The van der Waals surface area contributed by atoms with Crippen molar-refractivity contribution in [3.8, 4) is 0 Å². The van der Waals surface area contributed by atoms with Gasteiger partial charge in [-0.2, -0.15) is 0 Å². The van der Waals surface area contributed by atoms with E-state index in [9.17, 15) is 9.90 Å². The number of hydrogen-bond acceptors (Lipinski definition) is 3. The van der Waals surface area contributed by atoms with Gasteiger partial charge in [0.2, 0.25) is 5.91 Å². The number of carbonyl (C=O) groups is 1. The highest BCUT2D eigenvalue weighted by Crippen LogP contribution is 2.38. The van der Waals surface area contributed by atoms with Crippen LogP contribution >= 0.6 is 0 Å². The predicted octanol–water partition coefficient (Wildman–Crippen LogP) is 3.49. The van der Waals surface area contributed by atoms with Crippen molar-refractivity contribution in [3.05, 3.63) is 71.8 Å². The molecule has 4 heteroatoms. The second-order valence-electron chi connectivity index (χ2n) is 8.30. The van der Waals surface area contributed by atoms with Crippen LogP contribution in [0.4, 0.5) is 0 Å². The molecule has 2 N–H and O–H groups in total. The molecule has 1 aliphatic carbocycles. The van der Waals surface area contributed by atoms with E-state index in [-0.39, 0.29) is 18.1 Å². The van der Waals surface area contributed by atoms with Crippen LogP contribution in [-0.2, 0) is 4.79 Å². The number of benzene rings is 2. The van der Waals surface area contributed by atoms with Gasteiger partial charge in [-0.05, 0) is 61.7 Å². The van der Waals surface area contributed by atoms with E-state index in [0.717, 1.165) is 44.3 Å². The van der Waals surface area contributed by atoms with Gasteiger partial charge in [0.05, 0.1) is 18.7 Å². The molecule has 28 heavy (non-hydrogen) atoms. The number of aliphatic hydroxyl groups is 1. The van der Waals surface area contributed by atoms with Gasteiger partial charge in [0.1, 0.15) is 0 Å². The quantitative estimate of drug-likeness (QED) is 0.809. The second kappa shape index (κ2) is 8.89. The van der Waals surface area contributed by atoms with Gasteiger partial charge in [0.15, 0.2) is 0 Å². The van der Waals surface area contributed by atoms with Crippen LogP contribution in [0.3, 0.4) is 0 Å². The molecule has 2 fully saturated rings. The number of hydrogen-bond donors (Lipinski definition) is 2. The standard InChI is InChI=1S/C24H30N2O2/c27-22-15-21(16-22)24(20-9-5-2-6-10-20)25-23(28)17-26-13-11-19(12-14-26)18-7-3-1-4-8-18/h1-10,19,21-22,24,27H,11-17H2,(H,25,28). The molecular weight excluding hydrogens is 348 g/mol. The van der Waals surface area contributed by atoms with Gasteiger partial charge in [0.25, 0.3) is 0 Å². The summed E-state index contributed by atoms with van der Waals surface area (Å²) in [6, 6.07) is 20.9. The molecule has 0 aromatic heterocycles. The molecule has 2 aliphatic rings. The SMILES string of the molecule is O=C(CN1CCC(c2ccccc2)CC1)NC(c1ccccc1)C1CC(O)C1. The van der Waals surface area contributed by atoms with Gasteiger partial charge in [0, 0.05) is 0 Å². The monoisotopic (exact) mass is 378 g/mol. The number of amides is 1. The van der Waals surface area contributed by atoms with Gasteiger partial charge in [-0.15, -0.1) is 0 Å². The molecule has 0 radical (unpaired) electrons. The van der Waals surface area contributed by atoms with E-state index in [0.29, 0.717) is 18.4 Å². The Morgan fingerprint density at radius 1 is 1.00 bits per heavy atom. The molecule has 0 spiro atoms. The van der Waals surface area contributed by atoms with Gasteiger partial charge in [-0.3, -0.25) is 9.69 Å². The zero-order chi connectivity index (χ0) is 19.3. The molecular formula is C24H30N2O2. The van der Waals surface area contributed by atoms with Gasteiger partial charge in [-0.1, -0.05) is 60.7 Å². The first kappa shape index (κ1) is 19.2. The first-order valence-electron chi connectivity index (χ1n) is 10.5. The van der Waals surface area contributed by atoms with Crippen molar-refractivity contribution in [2.45, 2.75) is 43.7 Å². The van der Waals surface area contributed by atoms with Crippen LogP contribution in [-0.4, -0.2) is 41.7 Å². The summed E-state index contributed by atoms with van der Waals surface area (Å²) in [6.45, 7) is 2.39. The Balaban J connectivity index is 1.31. The minimum absolute atomic E-state index is 0.000965. The lowest BCUT2D eigenvalue weighted by molar-refractivity contribution is -0.124. The summed E-state index contributed by atoms with van der Waals surface area (Å²) < 4.78 is 0. The van der Waals surface area contributed by atoms with E-state index in [2.05, 4.69) is 52.7 Å². The zero-order valence-corrected chi connectivity index (χ0v) is 16.3. The van der Waals surface area contributed by atoms with Crippen molar-refractivity contribution in [1.82, 2.24) is 10.2 Å². The molecule has 0 bridgehead atoms. The summed E-state index contributed by atoms with van der Waals surface area (Å²) in [5.41, 5.74) is 2.55.